The molecule has 2 atom stereocenters. The molecule has 0 radical (unpaired) electrons. The van der Waals surface area contributed by atoms with Crippen molar-refractivity contribution in [2.45, 2.75) is 58.0 Å². The van der Waals surface area contributed by atoms with Crippen LogP contribution in [-0.4, -0.2) is 29.3 Å². The molecule has 2 fully saturated rings. The molecule has 0 aromatic heterocycles. The minimum atomic E-state index is -0.206. The SMILES string of the molecule is CC1CCC(NC(=O)[C@H]2CC(=O)N([C@@H](C)c3ccccc3)C2)CC1. The average molecular weight is 328 g/mol. The summed E-state index contributed by atoms with van der Waals surface area (Å²) in [6, 6.07) is 10.3. The molecule has 0 bridgehead atoms. The summed E-state index contributed by atoms with van der Waals surface area (Å²) >= 11 is 0. The molecule has 3 rings (SSSR count). The third-order valence-electron chi connectivity index (χ3n) is 5.64. The molecule has 1 N–H and O–H groups in total. The molecule has 2 aliphatic rings. The van der Waals surface area contributed by atoms with Gasteiger partial charge in [-0.2, -0.15) is 0 Å². The Hall–Kier alpha value is -1.84. The Labute approximate surface area is 144 Å². The van der Waals surface area contributed by atoms with Crippen LogP contribution < -0.4 is 5.32 Å². The number of carbonyl (C=O) groups excluding carboxylic acids is 2. The summed E-state index contributed by atoms with van der Waals surface area (Å²) < 4.78 is 0. The molecule has 1 aliphatic carbocycles. The molecule has 4 nitrogen and oxygen atoms in total. The molecular weight excluding hydrogens is 300 g/mol. The predicted molar refractivity (Wildman–Crippen MR) is 94.2 cm³/mol. The zero-order valence-electron chi connectivity index (χ0n) is 14.7. The Balaban J connectivity index is 1.57. The third kappa shape index (κ3) is 3.80. The lowest BCUT2D eigenvalue weighted by Gasteiger charge is -2.28. The first-order chi connectivity index (χ1) is 11.5. The van der Waals surface area contributed by atoms with Crippen LogP contribution in [0.25, 0.3) is 0 Å². The van der Waals surface area contributed by atoms with E-state index in [1.165, 1.54) is 12.8 Å². The summed E-state index contributed by atoms with van der Waals surface area (Å²) in [5.74, 6) is 0.714. The van der Waals surface area contributed by atoms with Crippen molar-refractivity contribution in [2.75, 3.05) is 6.54 Å². The number of nitrogens with one attached hydrogen (secondary N) is 1. The van der Waals surface area contributed by atoms with E-state index >= 15 is 0 Å². The van der Waals surface area contributed by atoms with Gasteiger partial charge in [0.1, 0.15) is 0 Å². The van der Waals surface area contributed by atoms with Crippen molar-refractivity contribution >= 4 is 11.8 Å². The van der Waals surface area contributed by atoms with Gasteiger partial charge in [0.15, 0.2) is 0 Å². The van der Waals surface area contributed by atoms with Gasteiger partial charge in [0.25, 0.3) is 0 Å². The van der Waals surface area contributed by atoms with Gasteiger partial charge in [-0.1, -0.05) is 37.3 Å². The third-order valence-corrected chi connectivity index (χ3v) is 5.64. The van der Waals surface area contributed by atoms with E-state index in [1.54, 1.807) is 0 Å². The molecule has 1 saturated carbocycles. The Morgan fingerprint density at radius 1 is 1.17 bits per heavy atom. The summed E-state index contributed by atoms with van der Waals surface area (Å²) in [7, 11) is 0. The van der Waals surface area contributed by atoms with E-state index in [0.717, 1.165) is 24.3 Å². The minimum absolute atomic E-state index is 0.0204. The average Bonchev–Trinajstić information content (AvgIpc) is 2.99. The van der Waals surface area contributed by atoms with Crippen LogP contribution >= 0.6 is 0 Å². The first kappa shape index (κ1) is 17.0. The van der Waals surface area contributed by atoms with E-state index in [9.17, 15) is 9.59 Å². The van der Waals surface area contributed by atoms with Crippen molar-refractivity contribution in [3.63, 3.8) is 0 Å². The van der Waals surface area contributed by atoms with E-state index in [4.69, 9.17) is 0 Å². The van der Waals surface area contributed by atoms with Gasteiger partial charge in [0.05, 0.1) is 12.0 Å². The smallest absolute Gasteiger partial charge is 0.225 e. The number of hydrogen-bond donors (Lipinski definition) is 1. The van der Waals surface area contributed by atoms with Crippen molar-refractivity contribution in [1.82, 2.24) is 10.2 Å². The number of amides is 2. The lowest BCUT2D eigenvalue weighted by atomic mass is 9.87. The minimum Gasteiger partial charge on any atom is -0.353 e. The summed E-state index contributed by atoms with van der Waals surface area (Å²) in [5, 5.41) is 3.18. The van der Waals surface area contributed by atoms with Crippen LogP contribution in [0.3, 0.4) is 0 Å². The molecule has 4 heteroatoms. The second-order valence-corrected chi connectivity index (χ2v) is 7.50. The Morgan fingerprint density at radius 3 is 2.50 bits per heavy atom. The largest absolute Gasteiger partial charge is 0.353 e. The van der Waals surface area contributed by atoms with Gasteiger partial charge in [0, 0.05) is 19.0 Å². The molecule has 1 aromatic rings. The predicted octanol–water partition coefficient (Wildman–Crippen LogP) is 3.29. The van der Waals surface area contributed by atoms with Crippen LogP contribution in [0.15, 0.2) is 30.3 Å². The monoisotopic (exact) mass is 328 g/mol. The number of carbonyl (C=O) groups is 2. The van der Waals surface area contributed by atoms with Crippen molar-refractivity contribution in [3.05, 3.63) is 35.9 Å². The number of hydrogen-bond acceptors (Lipinski definition) is 2. The fourth-order valence-electron chi connectivity index (χ4n) is 3.92. The Kier molecular flexibility index (Phi) is 5.22. The zero-order chi connectivity index (χ0) is 17.1. The van der Waals surface area contributed by atoms with E-state index < -0.39 is 0 Å². The fourth-order valence-corrected chi connectivity index (χ4v) is 3.92. The highest BCUT2D eigenvalue weighted by molar-refractivity contribution is 5.89. The van der Waals surface area contributed by atoms with Gasteiger partial charge >= 0.3 is 0 Å². The number of nitrogens with zero attached hydrogens (tertiary/aromatic N) is 1. The molecule has 0 unspecified atom stereocenters. The van der Waals surface area contributed by atoms with Gasteiger partial charge < -0.3 is 10.2 Å². The van der Waals surface area contributed by atoms with E-state index in [1.807, 2.05) is 42.2 Å². The molecule has 24 heavy (non-hydrogen) atoms. The Morgan fingerprint density at radius 2 is 1.83 bits per heavy atom. The van der Waals surface area contributed by atoms with E-state index in [-0.39, 0.29) is 23.8 Å². The zero-order valence-corrected chi connectivity index (χ0v) is 14.7. The van der Waals surface area contributed by atoms with Gasteiger partial charge in [-0.3, -0.25) is 9.59 Å². The number of benzene rings is 1. The summed E-state index contributed by atoms with van der Waals surface area (Å²) in [4.78, 5) is 26.8. The van der Waals surface area contributed by atoms with Crippen molar-refractivity contribution in [2.24, 2.45) is 11.8 Å². The lowest BCUT2D eigenvalue weighted by Crippen LogP contribution is -2.41. The molecule has 130 valence electrons. The maximum atomic E-state index is 12.6. The summed E-state index contributed by atoms with van der Waals surface area (Å²) in [5.41, 5.74) is 1.12. The molecule has 1 heterocycles. The molecule has 1 aliphatic heterocycles. The molecule has 0 spiro atoms. The maximum absolute atomic E-state index is 12.6. The first-order valence-electron chi connectivity index (χ1n) is 9.19. The lowest BCUT2D eigenvalue weighted by molar-refractivity contribution is -0.130. The van der Waals surface area contributed by atoms with Crippen LogP contribution in [0, 0.1) is 11.8 Å². The van der Waals surface area contributed by atoms with Gasteiger partial charge in [-0.05, 0) is 44.1 Å². The standard InChI is InChI=1S/C20H28N2O2/c1-14-8-10-18(11-9-14)21-20(24)17-12-19(23)22(13-17)15(2)16-6-4-3-5-7-16/h3-7,14-15,17-18H,8-13H2,1-2H3,(H,21,24)/t14?,15-,17-,18?/m0/s1. The normalized spacial score (nSPS) is 28.7. The fraction of sp³-hybridized carbons (Fsp3) is 0.600. The first-order valence-corrected chi connectivity index (χ1v) is 9.19. The maximum Gasteiger partial charge on any atom is 0.225 e. The number of likely N-dealkylation sites (tertiary alicyclic amines) is 1. The Bertz CT molecular complexity index is 579. The topological polar surface area (TPSA) is 49.4 Å². The highest BCUT2D eigenvalue weighted by Crippen LogP contribution is 2.29. The number of rotatable bonds is 4. The summed E-state index contributed by atoms with van der Waals surface area (Å²) in [6.45, 7) is 4.84. The van der Waals surface area contributed by atoms with Crippen LogP contribution in [0.4, 0.5) is 0 Å². The van der Waals surface area contributed by atoms with Crippen LogP contribution in [-0.2, 0) is 9.59 Å². The van der Waals surface area contributed by atoms with Crippen LogP contribution in [0.2, 0.25) is 0 Å². The second-order valence-electron chi connectivity index (χ2n) is 7.50. The van der Waals surface area contributed by atoms with Gasteiger partial charge in [-0.25, -0.2) is 0 Å². The molecule has 1 saturated heterocycles. The van der Waals surface area contributed by atoms with Crippen LogP contribution in [0.1, 0.15) is 57.6 Å². The van der Waals surface area contributed by atoms with Crippen molar-refractivity contribution in [1.29, 1.82) is 0 Å². The van der Waals surface area contributed by atoms with E-state index in [2.05, 4.69) is 12.2 Å². The van der Waals surface area contributed by atoms with Crippen molar-refractivity contribution in [3.8, 4) is 0 Å². The molecule has 2 amide bonds. The van der Waals surface area contributed by atoms with Crippen LogP contribution in [0.5, 0.6) is 0 Å². The summed E-state index contributed by atoms with van der Waals surface area (Å²) in [6.07, 6.45) is 4.85. The van der Waals surface area contributed by atoms with Gasteiger partial charge in [-0.15, -0.1) is 0 Å². The second kappa shape index (κ2) is 7.37. The van der Waals surface area contributed by atoms with Gasteiger partial charge in [0.2, 0.25) is 11.8 Å². The van der Waals surface area contributed by atoms with Crippen molar-refractivity contribution < 1.29 is 9.59 Å². The quantitative estimate of drug-likeness (QED) is 0.922. The molecular formula is C20H28N2O2. The highest BCUT2D eigenvalue weighted by Gasteiger charge is 2.37. The molecule has 1 aromatic carbocycles. The van der Waals surface area contributed by atoms with E-state index in [0.29, 0.717) is 19.0 Å². The highest BCUT2D eigenvalue weighted by atomic mass is 16.2.